The summed E-state index contributed by atoms with van der Waals surface area (Å²) >= 11 is 3.56. The minimum Gasteiger partial charge on any atom is -0.396 e. The van der Waals surface area contributed by atoms with Crippen LogP contribution in [0, 0.1) is 0 Å². The number of fused-ring (bicyclic) bond motifs is 2. The zero-order valence-electron chi connectivity index (χ0n) is 16.8. The molecule has 2 heterocycles. The third-order valence-corrected chi connectivity index (χ3v) is 5.92. The average molecular weight is 501 g/mol. The summed E-state index contributed by atoms with van der Waals surface area (Å²) in [5.74, 6) is 0.569. The van der Waals surface area contributed by atoms with E-state index in [1.807, 2.05) is 48.5 Å². The molecular formula is C24H19BrF2N2O3. The number of aliphatic hydroxyl groups excluding tert-OH is 1. The van der Waals surface area contributed by atoms with Crippen LogP contribution in [-0.4, -0.2) is 35.3 Å². The molecule has 3 aromatic carbocycles. The molecule has 0 bridgehead atoms. The zero-order chi connectivity index (χ0) is 22.3. The summed E-state index contributed by atoms with van der Waals surface area (Å²) in [7, 11) is 0. The quantitative estimate of drug-likeness (QED) is 0.492. The second-order valence-electron chi connectivity index (χ2n) is 7.55. The van der Waals surface area contributed by atoms with Crippen molar-refractivity contribution in [2.75, 3.05) is 13.2 Å². The van der Waals surface area contributed by atoms with Crippen molar-refractivity contribution in [2.45, 2.75) is 18.8 Å². The Morgan fingerprint density at radius 1 is 1.00 bits per heavy atom. The van der Waals surface area contributed by atoms with Gasteiger partial charge in [0.05, 0.1) is 11.7 Å². The minimum absolute atomic E-state index is 0.0130. The second kappa shape index (κ2) is 8.18. The van der Waals surface area contributed by atoms with Crippen molar-refractivity contribution in [3.8, 4) is 11.5 Å². The molecule has 164 valence electrons. The van der Waals surface area contributed by atoms with Crippen molar-refractivity contribution >= 4 is 27.5 Å². The first-order chi connectivity index (χ1) is 15.4. The Bertz CT molecular complexity index is 1190. The Kier molecular flexibility index (Phi) is 5.35. The molecule has 0 amide bonds. The molecule has 0 aromatic heterocycles. The number of rotatable bonds is 5. The van der Waals surface area contributed by atoms with Gasteiger partial charge >= 0.3 is 6.29 Å². The number of aliphatic hydroxyl groups is 1. The summed E-state index contributed by atoms with van der Waals surface area (Å²) in [4.78, 5) is 6.98. The zero-order valence-corrected chi connectivity index (χ0v) is 18.4. The lowest BCUT2D eigenvalue weighted by molar-refractivity contribution is -0.286. The average Bonchev–Trinajstić information content (AvgIpc) is 3.10. The fraction of sp³-hybridized carbons (Fsp3) is 0.208. The van der Waals surface area contributed by atoms with E-state index in [0.717, 1.165) is 21.3 Å². The first-order valence-electron chi connectivity index (χ1n) is 10.2. The standard InChI is InChI=1S/C24H19BrF2N2O3/c25-17-8-9-19-18(14-17)22(15-5-2-1-3-6-15)29(11-4-12-30)23(28-19)16-7-10-20-21(13-16)32-24(26,27)31-20/h1-3,5-10,13-14,22,30H,4,11-12H2. The Morgan fingerprint density at radius 3 is 2.56 bits per heavy atom. The maximum absolute atomic E-state index is 13.6. The maximum atomic E-state index is 13.6. The lowest BCUT2D eigenvalue weighted by Gasteiger charge is -2.39. The summed E-state index contributed by atoms with van der Waals surface area (Å²) in [6.07, 6.45) is -3.16. The van der Waals surface area contributed by atoms with E-state index in [0.29, 0.717) is 24.4 Å². The number of aliphatic imine (C=N–C) groups is 1. The van der Waals surface area contributed by atoms with Crippen LogP contribution in [0.1, 0.15) is 29.2 Å². The third kappa shape index (κ3) is 3.84. The molecule has 0 radical (unpaired) electrons. The van der Waals surface area contributed by atoms with E-state index in [1.165, 1.54) is 12.1 Å². The van der Waals surface area contributed by atoms with Crippen LogP contribution in [0.3, 0.4) is 0 Å². The topological polar surface area (TPSA) is 54.3 Å². The predicted octanol–water partition coefficient (Wildman–Crippen LogP) is 5.64. The molecule has 8 heteroatoms. The number of halogens is 3. The van der Waals surface area contributed by atoms with Gasteiger partial charge in [-0.05, 0) is 48.4 Å². The molecule has 0 fully saturated rings. The van der Waals surface area contributed by atoms with Gasteiger partial charge in [-0.25, -0.2) is 4.99 Å². The highest BCUT2D eigenvalue weighted by molar-refractivity contribution is 9.10. The van der Waals surface area contributed by atoms with E-state index < -0.39 is 6.29 Å². The first-order valence-corrected chi connectivity index (χ1v) is 11.0. The lowest BCUT2D eigenvalue weighted by Crippen LogP contribution is -2.39. The van der Waals surface area contributed by atoms with Gasteiger partial charge in [0.2, 0.25) is 0 Å². The summed E-state index contributed by atoms with van der Waals surface area (Å²) in [6.45, 7) is 0.537. The summed E-state index contributed by atoms with van der Waals surface area (Å²) < 4.78 is 37.2. The Labute approximate surface area is 192 Å². The Balaban J connectivity index is 1.66. The monoisotopic (exact) mass is 500 g/mol. The summed E-state index contributed by atoms with van der Waals surface area (Å²) in [5, 5.41) is 9.54. The van der Waals surface area contributed by atoms with Gasteiger partial charge in [0, 0.05) is 28.8 Å². The van der Waals surface area contributed by atoms with Crippen molar-refractivity contribution in [2.24, 2.45) is 4.99 Å². The van der Waals surface area contributed by atoms with E-state index in [9.17, 15) is 13.9 Å². The van der Waals surface area contributed by atoms with Crippen LogP contribution in [-0.2, 0) is 0 Å². The summed E-state index contributed by atoms with van der Waals surface area (Å²) in [5.41, 5.74) is 3.49. The normalized spacial score (nSPS) is 18.3. The van der Waals surface area contributed by atoms with Gasteiger partial charge in [0.25, 0.3) is 0 Å². The number of hydrogen-bond donors (Lipinski definition) is 1. The van der Waals surface area contributed by atoms with Crippen LogP contribution >= 0.6 is 15.9 Å². The fourth-order valence-electron chi connectivity index (χ4n) is 4.10. The van der Waals surface area contributed by atoms with E-state index in [-0.39, 0.29) is 24.1 Å². The molecule has 2 aliphatic heterocycles. The number of nitrogens with zero attached hydrogens (tertiary/aromatic N) is 2. The highest BCUT2D eigenvalue weighted by Crippen LogP contribution is 2.44. The van der Waals surface area contributed by atoms with Gasteiger partial charge in [0.1, 0.15) is 5.84 Å². The second-order valence-corrected chi connectivity index (χ2v) is 8.47. The number of amidine groups is 1. The van der Waals surface area contributed by atoms with Crippen LogP contribution in [0.25, 0.3) is 0 Å². The number of benzene rings is 3. The van der Waals surface area contributed by atoms with E-state index in [1.54, 1.807) is 6.07 Å². The van der Waals surface area contributed by atoms with Crippen LogP contribution in [0.4, 0.5) is 14.5 Å². The number of hydrogen-bond acceptors (Lipinski definition) is 5. The fourth-order valence-corrected chi connectivity index (χ4v) is 4.48. The van der Waals surface area contributed by atoms with Gasteiger partial charge in [-0.1, -0.05) is 46.3 Å². The molecule has 5 nitrogen and oxygen atoms in total. The molecular weight excluding hydrogens is 482 g/mol. The molecule has 3 aromatic rings. The van der Waals surface area contributed by atoms with Crippen LogP contribution in [0.2, 0.25) is 0 Å². The smallest absolute Gasteiger partial charge is 0.396 e. The number of alkyl halides is 2. The van der Waals surface area contributed by atoms with E-state index >= 15 is 0 Å². The van der Waals surface area contributed by atoms with Gasteiger partial charge in [-0.15, -0.1) is 8.78 Å². The highest BCUT2D eigenvalue weighted by Gasteiger charge is 2.44. The van der Waals surface area contributed by atoms with Gasteiger partial charge in [-0.2, -0.15) is 0 Å². The molecule has 1 atom stereocenters. The van der Waals surface area contributed by atoms with Crippen LogP contribution in [0.15, 0.2) is 76.2 Å². The third-order valence-electron chi connectivity index (χ3n) is 5.43. The van der Waals surface area contributed by atoms with Crippen molar-refractivity contribution in [3.05, 3.63) is 87.9 Å². The van der Waals surface area contributed by atoms with Gasteiger partial charge < -0.3 is 19.5 Å². The van der Waals surface area contributed by atoms with Crippen molar-refractivity contribution in [1.82, 2.24) is 4.90 Å². The Hall–Kier alpha value is -2.97. The van der Waals surface area contributed by atoms with Gasteiger partial charge in [-0.3, -0.25) is 0 Å². The molecule has 32 heavy (non-hydrogen) atoms. The molecule has 0 saturated heterocycles. The van der Waals surface area contributed by atoms with E-state index in [2.05, 4.69) is 30.3 Å². The van der Waals surface area contributed by atoms with Crippen molar-refractivity contribution < 1.29 is 23.4 Å². The number of ether oxygens (including phenoxy) is 2. The van der Waals surface area contributed by atoms with Crippen molar-refractivity contribution in [1.29, 1.82) is 0 Å². The molecule has 0 aliphatic carbocycles. The van der Waals surface area contributed by atoms with Crippen LogP contribution in [0.5, 0.6) is 11.5 Å². The first kappa shape index (κ1) is 20.9. The minimum atomic E-state index is -3.68. The maximum Gasteiger partial charge on any atom is 0.586 e. The highest BCUT2D eigenvalue weighted by atomic mass is 79.9. The lowest BCUT2D eigenvalue weighted by atomic mass is 9.92. The summed E-state index contributed by atoms with van der Waals surface area (Å²) in [6, 6.07) is 20.4. The van der Waals surface area contributed by atoms with Crippen molar-refractivity contribution in [3.63, 3.8) is 0 Å². The molecule has 2 aliphatic rings. The molecule has 0 spiro atoms. The predicted molar refractivity (Wildman–Crippen MR) is 120 cm³/mol. The Morgan fingerprint density at radius 2 is 1.78 bits per heavy atom. The molecule has 1 unspecified atom stereocenters. The largest absolute Gasteiger partial charge is 0.586 e. The molecule has 0 saturated carbocycles. The molecule has 5 rings (SSSR count). The SMILES string of the molecule is OCCCN1C(c2ccc3c(c2)OC(F)(F)O3)=Nc2ccc(Br)cc2C1c1ccccc1. The van der Waals surface area contributed by atoms with E-state index in [4.69, 9.17) is 4.99 Å². The van der Waals surface area contributed by atoms with Gasteiger partial charge in [0.15, 0.2) is 11.5 Å². The molecule has 1 N–H and O–H groups in total. The van der Waals surface area contributed by atoms with Crippen LogP contribution < -0.4 is 9.47 Å².